The van der Waals surface area contributed by atoms with Crippen LogP contribution in [0.25, 0.3) is 0 Å². The third-order valence-electron chi connectivity index (χ3n) is 1.98. The molecule has 0 aromatic heterocycles. The first kappa shape index (κ1) is 11.2. The van der Waals surface area contributed by atoms with Gasteiger partial charge in [0.1, 0.15) is 0 Å². The molecule has 0 aliphatic heterocycles. The molecule has 0 radical (unpaired) electrons. The molecule has 0 saturated carbocycles. The highest BCUT2D eigenvalue weighted by Crippen LogP contribution is 2.28. The molecule has 0 N–H and O–H groups in total. The number of nitrogens with zero attached hydrogens (tertiary/aromatic N) is 1. The fourth-order valence-corrected chi connectivity index (χ4v) is 2.20. The van der Waals surface area contributed by atoms with Gasteiger partial charge in [-0.1, -0.05) is 25.1 Å². The molecular weight excluding hydrogens is 190 g/mol. The second-order valence-electron chi connectivity index (χ2n) is 3.07. The largest absolute Gasteiger partial charge is 0.370 e. The first-order chi connectivity index (χ1) is 6.79. The van der Waals surface area contributed by atoms with Gasteiger partial charge in [0.15, 0.2) is 0 Å². The van der Waals surface area contributed by atoms with E-state index in [0.717, 1.165) is 12.3 Å². The Hall–Kier alpha value is -0.890. The van der Waals surface area contributed by atoms with E-state index in [1.807, 2.05) is 17.8 Å². The van der Waals surface area contributed by atoms with Crippen LogP contribution in [0.1, 0.15) is 6.92 Å². The van der Waals surface area contributed by atoms with Crippen LogP contribution in [0.4, 0.5) is 5.69 Å². The van der Waals surface area contributed by atoms with E-state index in [0.29, 0.717) is 0 Å². The standard InChI is InChI=1S/C12H17NS/c1-4-10-13(3)11-8-6-7-9-12(11)14-5-2/h4,6-9H,1,5,10H2,2-3H3. The molecule has 0 atom stereocenters. The molecule has 0 fully saturated rings. The minimum Gasteiger partial charge on any atom is -0.370 e. The van der Waals surface area contributed by atoms with E-state index in [9.17, 15) is 0 Å². The average Bonchev–Trinajstić information content (AvgIpc) is 2.19. The van der Waals surface area contributed by atoms with Crippen molar-refractivity contribution in [3.63, 3.8) is 0 Å². The van der Waals surface area contributed by atoms with Crippen molar-refractivity contribution in [1.29, 1.82) is 0 Å². The molecule has 1 aromatic carbocycles. The summed E-state index contributed by atoms with van der Waals surface area (Å²) in [4.78, 5) is 3.56. The summed E-state index contributed by atoms with van der Waals surface area (Å²) in [5, 5.41) is 0. The monoisotopic (exact) mass is 207 g/mol. The minimum absolute atomic E-state index is 0.890. The van der Waals surface area contributed by atoms with Crippen LogP contribution in [-0.4, -0.2) is 19.3 Å². The van der Waals surface area contributed by atoms with Gasteiger partial charge >= 0.3 is 0 Å². The molecule has 0 saturated heterocycles. The molecule has 1 aromatic rings. The number of hydrogen-bond acceptors (Lipinski definition) is 2. The zero-order chi connectivity index (χ0) is 10.4. The van der Waals surface area contributed by atoms with Crippen molar-refractivity contribution in [3.05, 3.63) is 36.9 Å². The molecule has 14 heavy (non-hydrogen) atoms. The second kappa shape index (κ2) is 5.76. The number of para-hydroxylation sites is 1. The van der Waals surface area contributed by atoms with E-state index in [1.54, 1.807) is 0 Å². The molecular formula is C12H17NS. The van der Waals surface area contributed by atoms with Gasteiger partial charge in [-0.2, -0.15) is 0 Å². The zero-order valence-corrected chi connectivity index (χ0v) is 9.68. The van der Waals surface area contributed by atoms with Crippen LogP contribution in [0.2, 0.25) is 0 Å². The number of thioether (sulfide) groups is 1. The van der Waals surface area contributed by atoms with Crippen molar-refractivity contribution in [2.45, 2.75) is 11.8 Å². The van der Waals surface area contributed by atoms with Gasteiger partial charge in [0.2, 0.25) is 0 Å². The van der Waals surface area contributed by atoms with Crippen molar-refractivity contribution in [2.24, 2.45) is 0 Å². The van der Waals surface area contributed by atoms with Gasteiger partial charge in [-0.05, 0) is 17.9 Å². The SMILES string of the molecule is C=CCN(C)c1ccccc1SCC. The summed E-state index contributed by atoms with van der Waals surface area (Å²) in [6.45, 7) is 6.82. The van der Waals surface area contributed by atoms with Crippen molar-refractivity contribution in [1.82, 2.24) is 0 Å². The second-order valence-corrected chi connectivity index (χ2v) is 4.38. The van der Waals surface area contributed by atoms with Crippen LogP contribution >= 0.6 is 11.8 Å². The molecule has 0 spiro atoms. The van der Waals surface area contributed by atoms with Crippen LogP contribution < -0.4 is 4.90 Å². The fraction of sp³-hybridized carbons (Fsp3) is 0.333. The van der Waals surface area contributed by atoms with Crippen LogP contribution in [0.15, 0.2) is 41.8 Å². The molecule has 76 valence electrons. The summed E-state index contributed by atoms with van der Waals surface area (Å²) in [6, 6.07) is 8.49. The summed E-state index contributed by atoms with van der Waals surface area (Å²) in [5.41, 5.74) is 1.29. The highest BCUT2D eigenvalue weighted by Gasteiger charge is 2.04. The Morgan fingerprint density at radius 2 is 2.14 bits per heavy atom. The molecule has 0 aliphatic rings. The van der Waals surface area contributed by atoms with E-state index in [2.05, 4.69) is 49.7 Å². The Labute approximate surface area is 90.8 Å². The van der Waals surface area contributed by atoms with Gasteiger partial charge in [0.05, 0.1) is 5.69 Å². The Kier molecular flexibility index (Phi) is 4.60. The Morgan fingerprint density at radius 3 is 2.79 bits per heavy atom. The third kappa shape index (κ3) is 2.81. The minimum atomic E-state index is 0.890. The highest BCUT2D eigenvalue weighted by molar-refractivity contribution is 7.99. The van der Waals surface area contributed by atoms with Gasteiger partial charge in [-0.25, -0.2) is 0 Å². The Morgan fingerprint density at radius 1 is 1.43 bits per heavy atom. The highest BCUT2D eigenvalue weighted by atomic mass is 32.2. The normalized spacial score (nSPS) is 9.86. The van der Waals surface area contributed by atoms with E-state index in [1.165, 1.54) is 10.6 Å². The van der Waals surface area contributed by atoms with Crippen LogP contribution in [-0.2, 0) is 0 Å². The van der Waals surface area contributed by atoms with Gasteiger partial charge in [0.25, 0.3) is 0 Å². The van der Waals surface area contributed by atoms with Crippen LogP contribution in [0.5, 0.6) is 0 Å². The van der Waals surface area contributed by atoms with E-state index >= 15 is 0 Å². The number of anilines is 1. The quantitative estimate of drug-likeness (QED) is 0.537. The molecule has 0 amide bonds. The number of hydrogen-bond donors (Lipinski definition) is 0. The fourth-order valence-electron chi connectivity index (χ4n) is 1.34. The van der Waals surface area contributed by atoms with Gasteiger partial charge < -0.3 is 4.90 Å². The topological polar surface area (TPSA) is 3.24 Å². The Bertz CT molecular complexity index is 296. The molecule has 1 nitrogen and oxygen atoms in total. The van der Waals surface area contributed by atoms with Gasteiger partial charge in [0, 0.05) is 18.5 Å². The zero-order valence-electron chi connectivity index (χ0n) is 8.86. The lowest BCUT2D eigenvalue weighted by Gasteiger charge is -2.20. The van der Waals surface area contributed by atoms with Crippen molar-refractivity contribution < 1.29 is 0 Å². The predicted octanol–water partition coefficient (Wildman–Crippen LogP) is 3.42. The number of rotatable bonds is 5. The maximum Gasteiger partial charge on any atom is 0.0504 e. The summed E-state index contributed by atoms with van der Waals surface area (Å²) < 4.78 is 0. The predicted molar refractivity (Wildman–Crippen MR) is 66.3 cm³/mol. The van der Waals surface area contributed by atoms with E-state index in [-0.39, 0.29) is 0 Å². The van der Waals surface area contributed by atoms with Crippen LogP contribution in [0, 0.1) is 0 Å². The Balaban J connectivity index is 2.87. The summed E-state index contributed by atoms with van der Waals surface area (Å²) >= 11 is 1.88. The van der Waals surface area contributed by atoms with E-state index < -0.39 is 0 Å². The molecule has 0 bridgehead atoms. The first-order valence-electron chi connectivity index (χ1n) is 4.83. The molecule has 0 heterocycles. The first-order valence-corrected chi connectivity index (χ1v) is 5.82. The maximum absolute atomic E-state index is 3.75. The van der Waals surface area contributed by atoms with E-state index in [4.69, 9.17) is 0 Å². The smallest absolute Gasteiger partial charge is 0.0504 e. The molecule has 2 heteroatoms. The molecule has 1 rings (SSSR count). The van der Waals surface area contributed by atoms with Crippen molar-refractivity contribution >= 4 is 17.4 Å². The maximum atomic E-state index is 3.75. The van der Waals surface area contributed by atoms with Crippen LogP contribution in [0.3, 0.4) is 0 Å². The average molecular weight is 207 g/mol. The van der Waals surface area contributed by atoms with Gasteiger partial charge in [-0.15, -0.1) is 18.3 Å². The van der Waals surface area contributed by atoms with Crippen molar-refractivity contribution in [2.75, 3.05) is 24.2 Å². The number of likely N-dealkylation sites (N-methyl/N-ethyl adjacent to an activating group) is 1. The van der Waals surface area contributed by atoms with Gasteiger partial charge in [-0.3, -0.25) is 0 Å². The number of benzene rings is 1. The summed E-state index contributed by atoms with van der Waals surface area (Å²) in [6.07, 6.45) is 1.92. The summed E-state index contributed by atoms with van der Waals surface area (Å²) in [5.74, 6) is 1.11. The third-order valence-corrected chi connectivity index (χ3v) is 2.92. The molecule has 0 aliphatic carbocycles. The van der Waals surface area contributed by atoms with Crippen molar-refractivity contribution in [3.8, 4) is 0 Å². The molecule has 0 unspecified atom stereocenters. The summed E-state index contributed by atoms with van der Waals surface area (Å²) in [7, 11) is 2.09. The lowest BCUT2D eigenvalue weighted by atomic mass is 10.3. The lowest BCUT2D eigenvalue weighted by Crippen LogP contribution is -2.17. The lowest BCUT2D eigenvalue weighted by molar-refractivity contribution is 1.01.